The van der Waals surface area contributed by atoms with Crippen LogP contribution in [0.3, 0.4) is 0 Å². The number of carbonyl (C=O) groups excluding carboxylic acids is 4. The van der Waals surface area contributed by atoms with Gasteiger partial charge >= 0.3 is 5.97 Å². The number of benzene rings is 3. The molecule has 0 spiro atoms. The molecule has 7 N–H and O–H groups in total. The molecule has 85 heavy (non-hydrogen) atoms. The van der Waals surface area contributed by atoms with E-state index >= 15 is 4.79 Å². The summed E-state index contributed by atoms with van der Waals surface area (Å²) in [7, 11) is 3.25. The van der Waals surface area contributed by atoms with Gasteiger partial charge in [-0.05, 0) is 129 Å². The second-order valence-corrected chi connectivity index (χ2v) is 24.7. The van der Waals surface area contributed by atoms with E-state index in [1.807, 2.05) is 45.0 Å². The molecule has 3 aromatic heterocycles. The molecule has 3 saturated heterocycles. The summed E-state index contributed by atoms with van der Waals surface area (Å²) in [4.78, 5) is 72.1. The van der Waals surface area contributed by atoms with Crippen molar-refractivity contribution in [1.82, 2.24) is 40.1 Å². The number of anilines is 1. The standard InChI is InChI=1S/C65H81N11O9/c1-9-75-54-17-14-42-29-49(54)51(57(75)50-30-44(32-69-55(50)39(4)82-8)60-70-33-47(85-60)34-74-22-19-65(35-66,36-67)20-23-74)31-64(5,6)37-84-63(81)52-11-10-21-76(72-52)61(79)53(27-40-25-43(42)28-46(77)26-40)71-59(78)56(38(2)3)73(7)62(80)58-48(18-24-83-58)41-12-15-45(68)16-13-41/h12-17,25-26,28-30,32-33,38-39,48,52-53,56,58,72,77H,9-11,18-24,27,31,34-35,37,66,68H2,1-8H3,(H,71,78). The molecule has 6 atom stereocenters. The molecule has 4 aliphatic heterocycles. The number of amides is 3. The van der Waals surface area contributed by atoms with Crippen LogP contribution in [-0.4, -0.2) is 136 Å². The van der Waals surface area contributed by atoms with Crippen LogP contribution >= 0.6 is 0 Å². The minimum absolute atomic E-state index is 0.0384. The molecule has 450 valence electrons. The lowest BCUT2D eigenvalue weighted by Crippen LogP contribution is -2.62. The number of hydrogen-bond donors (Lipinski definition) is 5. The third-order valence-electron chi connectivity index (χ3n) is 17.7. The third kappa shape index (κ3) is 12.7. The Morgan fingerprint density at radius 1 is 0.988 bits per heavy atom. The van der Waals surface area contributed by atoms with E-state index in [9.17, 15) is 24.8 Å². The van der Waals surface area contributed by atoms with Gasteiger partial charge in [0.25, 0.3) is 11.8 Å². The number of likely N-dealkylation sites (tertiary alicyclic amines) is 1. The van der Waals surface area contributed by atoms with Crippen molar-refractivity contribution in [3.63, 3.8) is 0 Å². The second-order valence-electron chi connectivity index (χ2n) is 24.7. The number of nitrogens with one attached hydrogen (secondary N) is 2. The maximum absolute atomic E-state index is 15.0. The number of phenols is 1. The maximum atomic E-state index is 15.0. The summed E-state index contributed by atoms with van der Waals surface area (Å²) in [5.74, 6) is -1.48. The van der Waals surface area contributed by atoms with Crippen molar-refractivity contribution >= 4 is 40.3 Å². The number of ether oxygens (including phenoxy) is 3. The number of methoxy groups -OCH3 is 1. The summed E-state index contributed by atoms with van der Waals surface area (Å²) in [6, 6.07) is 20.2. The van der Waals surface area contributed by atoms with Gasteiger partial charge in [-0.1, -0.05) is 52.0 Å². The van der Waals surface area contributed by atoms with E-state index in [1.54, 1.807) is 50.8 Å². The van der Waals surface area contributed by atoms with E-state index in [0.717, 1.165) is 51.9 Å². The molecule has 10 rings (SSSR count). The number of fused-ring (bicyclic) bond motifs is 6. The van der Waals surface area contributed by atoms with Gasteiger partial charge in [-0.3, -0.25) is 34.1 Å². The van der Waals surface area contributed by atoms with Crippen molar-refractivity contribution in [2.75, 3.05) is 59.3 Å². The highest BCUT2D eigenvalue weighted by Gasteiger charge is 2.43. The Morgan fingerprint density at radius 3 is 2.46 bits per heavy atom. The van der Waals surface area contributed by atoms with Crippen molar-refractivity contribution in [2.45, 2.75) is 136 Å². The number of hydrogen-bond acceptors (Lipinski definition) is 16. The molecule has 6 unspecified atom stereocenters. The van der Waals surface area contributed by atoms with E-state index in [1.165, 1.54) is 9.91 Å². The van der Waals surface area contributed by atoms with Crippen LogP contribution in [0.25, 0.3) is 44.7 Å². The Balaban J connectivity index is 1.02. The average Bonchev–Trinajstić information content (AvgIpc) is 1.84. The zero-order valence-electron chi connectivity index (χ0n) is 50.2. The first-order valence-corrected chi connectivity index (χ1v) is 29.8. The van der Waals surface area contributed by atoms with E-state index in [4.69, 9.17) is 40.1 Å². The number of carbonyl (C=O) groups is 4. The number of nitriles is 1. The number of aryl methyl sites for hydroxylation is 1. The molecule has 7 heterocycles. The highest BCUT2D eigenvalue weighted by Crippen LogP contribution is 2.44. The number of nitrogen functional groups attached to an aromatic ring is 1. The predicted molar refractivity (Wildman–Crippen MR) is 322 cm³/mol. The van der Waals surface area contributed by atoms with Crippen molar-refractivity contribution in [3.05, 3.63) is 107 Å². The molecule has 0 radical (unpaired) electrons. The number of esters is 1. The molecular formula is C65H81N11O9. The van der Waals surface area contributed by atoms with E-state index in [2.05, 4.69) is 65.2 Å². The van der Waals surface area contributed by atoms with Gasteiger partial charge in [0.2, 0.25) is 11.8 Å². The topological polar surface area (TPSA) is 270 Å². The summed E-state index contributed by atoms with van der Waals surface area (Å²) < 4.78 is 27.1. The van der Waals surface area contributed by atoms with Crippen molar-refractivity contribution in [1.29, 1.82) is 5.26 Å². The van der Waals surface area contributed by atoms with Gasteiger partial charge in [-0.15, -0.1) is 0 Å². The fourth-order valence-corrected chi connectivity index (χ4v) is 12.9. The van der Waals surface area contributed by atoms with E-state index in [-0.39, 0.29) is 43.1 Å². The third-order valence-corrected chi connectivity index (χ3v) is 17.7. The summed E-state index contributed by atoms with van der Waals surface area (Å²) in [6.45, 7) is 15.4. The van der Waals surface area contributed by atoms with Crippen molar-refractivity contribution in [2.24, 2.45) is 22.5 Å². The van der Waals surface area contributed by atoms with Crippen LogP contribution in [0.5, 0.6) is 5.75 Å². The van der Waals surface area contributed by atoms with E-state index < -0.39 is 58.9 Å². The molecule has 3 fully saturated rings. The largest absolute Gasteiger partial charge is 0.508 e. The molecule has 3 aromatic carbocycles. The van der Waals surface area contributed by atoms with Crippen LogP contribution < -0.4 is 22.2 Å². The molecule has 4 aliphatic rings. The minimum Gasteiger partial charge on any atom is -0.508 e. The van der Waals surface area contributed by atoms with Crippen LogP contribution in [-0.2, 0) is 59.3 Å². The number of phenolic OH excluding ortho intramolecular Hbond substituents is 1. The number of nitrogens with two attached hydrogens (primary N) is 2. The Labute approximate surface area is 497 Å². The van der Waals surface area contributed by atoms with Gasteiger partial charge in [0.05, 0.1) is 53.9 Å². The van der Waals surface area contributed by atoms with Crippen LogP contribution in [0.4, 0.5) is 5.69 Å². The van der Waals surface area contributed by atoms with Gasteiger partial charge in [0.15, 0.2) is 0 Å². The highest BCUT2D eigenvalue weighted by atomic mass is 16.5. The van der Waals surface area contributed by atoms with Gasteiger partial charge in [-0.25, -0.2) is 10.4 Å². The van der Waals surface area contributed by atoms with Crippen LogP contribution in [0.15, 0.2) is 83.5 Å². The smallest absolute Gasteiger partial charge is 0.324 e. The zero-order valence-corrected chi connectivity index (χ0v) is 50.2. The van der Waals surface area contributed by atoms with Gasteiger partial charge in [0, 0.05) is 99.6 Å². The summed E-state index contributed by atoms with van der Waals surface area (Å²) in [5.41, 5.74) is 22.6. The average molecular weight is 1160 g/mol. The van der Waals surface area contributed by atoms with E-state index in [0.29, 0.717) is 104 Å². The summed E-state index contributed by atoms with van der Waals surface area (Å²) in [6.07, 6.45) is 5.52. The molecule has 0 saturated carbocycles. The molecule has 6 bridgehead atoms. The Hall–Kier alpha value is -7.67. The van der Waals surface area contributed by atoms with Gasteiger partial charge < -0.3 is 50.0 Å². The van der Waals surface area contributed by atoms with Crippen molar-refractivity contribution in [3.8, 4) is 45.7 Å². The lowest BCUT2D eigenvalue weighted by atomic mass is 9.80. The van der Waals surface area contributed by atoms with Crippen LogP contribution in [0, 0.1) is 28.1 Å². The number of hydrazine groups is 1. The fraction of sp³-hybridized carbons (Fsp3) is 0.492. The highest BCUT2D eigenvalue weighted by molar-refractivity contribution is 5.96. The number of oxazole rings is 1. The quantitative estimate of drug-likeness (QED) is 0.0514. The minimum atomic E-state index is -1.21. The monoisotopic (exact) mass is 1160 g/mol. The molecule has 20 nitrogen and oxygen atoms in total. The second kappa shape index (κ2) is 25.1. The van der Waals surface area contributed by atoms with Gasteiger partial charge in [-0.2, -0.15) is 5.26 Å². The molecule has 3 amide bonds. The summed E-state index contributed by atoms with van der Waals surface area (Å²) in [5, 5.41) is 26.8. The SMILES string of the molecule is CCn1c(-c2cc(-c3ncc(CN4CCC(C#N)(CN)CC4)o3)cnc2C(C)OC)c2c3cc(ccc31)-c1cc(O)cc(c1)CC(NC(=O)C(C(C)C)N(C)C(=O)C1OCCC1c1ccc(N)cc1)C(=O)N1CCCC(N1)C(=O)OCC(C)(C)C2. The number of piperidine rings is 1. The zero-order chi connectivity index (χ0) is 60.5. The number of nitrogens with zero attached hydrogens (tertiary/aromatic N) is 7. The first-order chi connectivity index (χ1) is 40.7. The van der Waals surface area contributed by atoms with Crippen LogP contribution in [0.1, 0.15) is 114 Å². The summed E-state index contributed by atoms with van der Waals surface area (Å²) >= 11 is 0. The van der Waals surface area contributed by atoms with Crippen LogP contribution in [0.2, 0.25) is 0 Å². The molecule has 6 aromatic rings. The lowest BCUT2D eigenvalue weighted by Gasteiger charge is -2.37. The maximum Gasteiger partial charge on any atom is 0.324 e. The molecule has 0 aliphatic carbocycles. The number of cyclic esters (lactones) is 1. The molecule has 20 heteroatoms. The Bertz CT molecular complexity index is 3490. The lowest BCUT2D eigenvalue weighted by molar-refractivity contribution is -0.155. The normalized spacial score (nSPS) is 21.7. The van der Waals surface area contributed by atoms with Crippen molar-refractivity contribution < 1.29 is 42.9 Å². The Morgan fingerprint density at radius 2 is 1.75 bits per heavy atom. The first-order valence-electron chi connectivity index (χ1n) is 29.8. The molecular weight excluding hydrogens is 1080 g/mol. The number of likely N-dealkylation sites (N-methyl/N-ethyl adjacent to an activating group) is 1. The fourth-order valence-electron chi connectivity index (χ4n) is 12.9. The number of aromatic nitrogens is 3. The number of rotatable bonds is 14. The predicted octanol–water partition coefficient (Wildman–Crippen LogP) is 7.81. The first kappa shape index (κ1) is 60.5. The number of pyridine rings is 1. The number of aromatic hydroxyl groups is 1. The Kier molecular flexibility index (Phi) is 17.9. The van der Waals surface area contributed by atoms with Gasteiger partial charge in [0.1, 0.15) is 35.7 Å².